The molecule has 11 rings (SSSR count). The number of aromatic nitrogens is 1. The number of anilines is 3. The smallest absolute Gasteiger partial charge is 0.227 e. The van der Waals surface area contributed by atoms with Gasteiger partial charge in [0.2, 0.25) is 5.89 Å². The minimum absolute atomic E-state index is 0.124. The molecule has 7 aromatic carbocycles. The normalized spacial score (nSPS) is 14.7. The van der Waals surface area contributed by atoms with Crippen LogP contribution in [-0.2, 0) is 10.8 Å². The summed E-state index contributed by atoms with van der Waals surface area (Å²) in [6.45, 7) is 9.38. The van der Waals surface area contributed by atoms with Gasteiger partial charge < -0.3 is 13.7 Å². The highest BCUT2D eigenvalue weighted by Crippen LogP contribution is 2.53. The largest absolute Gasteiger partial charge is 0.456 e. The maximum atomic E-state index is 6.47. The van der Waals surface area contributed by atoms with Crippen LogP contribution in [0.4, 0.5) is 17.1 Å². The zero-order valence-corrected chi connectivity index (χ0v) is 30.1. The Morgan fingerprint density at radius 1 is 0.434 bits per heavy atom. The van der Waals surface area contributed by atoms with Gasteiger partial charge in [-0.1, -0.05) is 107 Å². The van der Waals surface area contributed by atoms with Crippen LogP contribution >= 0.6 is 0 Å². The zero-order chi connectivity index (χ0) is 35.6. The van der Waals surface area contributed by atoms with Crippen molar-refractivity contribution in [1.82, 2.24) is 4.98 Å². The topological polar surface area (TPSA) is 42.4 Å². The molecule has 0 bridgehead atoms. The number of nitrogens with zero attached hydrogens (tertiary/aromatic N) is 2. The van der Waals surface area contributed by atoms with Crippen molar-refractivity contribution in [2.24, 2.45) is 0 Å². The van der Waals surface area contributed by atoms with Crippen LogP contribution in [0.5, 0.6) is 0 Å². The van der Waals surface area contributed by atoms with Gasteiger partial charge in [0.1, 0.15) is 16.7 Å². The van der Waals surface area contributed by atoms with Crippen molar-refractivity contribution >= 4 is 50.1 Å². The summed E-state index contributed by atoms with van der Waals surface area (Å²) in [4.78, 5) is 7.22. The minimum Gasteiger partial charge on any atom is -0.456 e. The third-order valence-corrected chi connectivity index (χ3v) is 11.9. The van der Waals surface area contributed by atoms with E-state index in [9.17, 15) is 0 Å². The van der Waals surface area contributed by atoms with E-state index in [1.807, 2.05) is 36.4 Å². The molecule has 0 atom stereocenters. The van der Waals surface area contributed by atoms with E-state index in [-0.39, 0.29) is 10.8 Å². The van der Waals surface area contributed by atoms with E-state index in [4.69, 9.17) is 13.8 Å². The second-order valence-corrected chi connectivity index (χ2v) is 15.6. The summed E-state index contributed by atoms with van der Waals surface area (Å²) in [6.07, 6.45) is 0. The molecule has 2 aliphatic carbocycles. The number of furan rings is 1. The first-order chi connectivity index (χ1) is 25.8. The lowest BCUT2D eigenvalue weighted by molar-refractivity contribution is 0.620. The molecule has 4 heteroatoms. The molecule has 2 aromatic heterocycles. The molecule has 2 heterocycles. The highest BCUT2D eigenvalue weighted by atomic mass is 16.4. The lowest BCUT2D eigenvalue weighted by Gasteiger charge is -2.29. The first-order valence-corrected chi connectivity index (χ1v) is 18.4. The Labute approximate surface area is 308 Å². The second kappa shape index (κ2) is 10.6. The van der Waals surface area contributed by atoms with Crippen LogP contribution in [0.3, 0.4) is 0 Å². The molecule has 0 amide bonds. The van der Waals surface area contributed by atoms with Gasteiger partial charge in [-0.2, -0.15) is 0 Å². The van der Waals surface area contributed by atoms with Crippen LogP contribution in [0.1, 0.15) is 49.9 Å². The first kappa shape index (κ1) is 30.3. The molecule has 0 fully saturated rings. The van der Waals surface area contributed by atoms with Crippen LogP contribution in [-0.4, -0.2) is 4.98 Å². The van der Waals surface area contributed by atoms with Crippen molar-refractivity contribution in [2.75, 3.05) is 4.90 Å². The van der Waals surface area contributed by atoms with Gasteiger partial charge in [-0.15, -0.1) is 0 Å². The Kier molecular flexibility index (Phi) is 6.04. The highest BCUT2D eigenvalue weighted by molar-refractivity contribution is 6.10. The summed E-state index contributed by atoms with van der Waals surface area (Å²) in [7, 11) is 0. The van der Waals surface area contributed by atoms with Gasteiger partial charge in [0.15, 0.2) is 5.58 Å². The summed E-state index contributed by atoms with van der Waals surface area (Å²) in [5.74, 6) is 0.604. The van der Waals surface area contributed by atoms with Crippen LogP contribution in [0.2, 0.25) is 0 Å². The fourth-order valence-electron chi connectivity index (χ4n) is 9.14. The number of oxazole rings is 1. The fourth-order valence-corrected chi connectivity index (χ4v) is 9.14. The third kappa shape index (κ3) is 4.27. The van der Waals surface area contributed by atoms with Crippen molar-refractivity contribution in [3.8, 4) is 33.7 Å². The molecule has 53 heavy (non-hydrogen) atoms. The Morgan fingerprint density at radius 2 is 0.962 bits per heavy atom. The molecule has 0 saturated heterocycles. The van der Waals surface area contributed by atoms with E-state index in [0.29, 0.717) is 5.89 Å². The number of hydrogen-bond acceptors (Lipinski definition) is 4. The summed E-state index contributed by atoms with van der Waals surface area (Å²) in [6, 6.07) is 52.3. The maximum absolute atomic E-state index is 6.47. The Morgan fingerprint density at radius 3 is 1.60 bits per heavy atom. The van der Waals surface area contributed by atoms with E-state index >= 15 is 0 Å². The molecule has 9 aromatic rings. The quantitative estimate of drug-likeness (QED) is 0.185. The minimum atomic E-state index is -0.124. The summed E-state index contributed by atoms with van der Waals surface area (Å²) in [5, 5.41) is 2.03. The average molecular weight is 685 g/mol. The van der Waals surface area contributed by atoms with Gasteiger partial charge in [0.25, 0.3) is 0 Å². The van der Waals surface area contributed by atoms with Crippen molar-refractivity contribution < 1.29 is 8.83 Å². The molecule has 4 nitrogen and oxygen atoms in total. The molecule has 0 spiro atoms. The predicted octanol–water partition coefficient (Wildman–Crippen LogP) is 13.5. The fraction of sp³-hybridized carbons (Fsp3) is 0.122. The molecule has 0 aliphatic heterocycles. The number of rotatable bonds is 4. The van der Waals surface area contributed by atoms with Gasteiger partial charge >= 0.3 is 0 Å². The summed E-state index contributed by atoms with van der Waals surface area (Å²) < 4.78 is 12.8. The molecular formula is C49H36N2O2. The van der Waals surface area contributed by atoms with Crippen molar-refractivity contribution in [1.29, 1.82) is 0 Å². The molecule has 0 radical (unpaired) electrons. The van der Waals surface area contributed by atoms with Gasteiger partial charge in [0, 0.05) is 50.3 Å². The molecule has 0 saturated carbocycles. The summed E-state index contributed by atoms with van der Waals surface area (Å²) in [5.41, 5.74) is 17.8. The average Bonchev–Trinajstić information content (AvgIpc) is 3.89. The van der Waals surface area contributed by atoms with E-state index in [0.717, 1.165) is 55.7 Å². The lowest BCUT2D eigenvalue weighted by atomic mass is 9.82. The monoisotopic (exact) mass is 684 g/mol. The Hall–Kier alpha value is -6.39. The molecule has 254 valence electrons. The Balaban J connectivity index is 1.11. The van der Waals surface area contributed by atoms with Crippen LogP contribution in [0.15, 0.2) is 154 Å². The van der Waals surface area contributed by atoms with E-state index in [1.165, 1.54) is 44.5 Å². The van der Waals surface area contributed by atoms with Gasteiger partial charge in [-0.25, -0.2) is 4.98 Å². The van der Waals surface area contributed by atoms with Crippen LogP contribution < -0.4 is 4.90 Å². The molecular weight excluding hydrogens is 649 g/mol. The van der Waals surface area contributed by atoms with Crippen LogP contribution in [0.25, 0.3) is 66.7 Å². The number of hydrogen-bond donors (Lipinski definition) is 0. The SMILES string of the molecule is CC1(C)c2ccccc2-c2ccc(N(c3ccc4c(c3)C(C)(C)c3ccccc3-4)c3ccc4oc5cc6nc(-c7ccccc7)oc6cc5c4c3)cc21. The second-order valence-electron chi connectivity index (χ2n) is 15.6. The van der Waals surface area contributed by atoms with Crippen molar-refractivity contribution in [3.05, 3.63) is 168 Å². The zero-order valence-electron chi connectivity index (χ0n) is 30.1. The standard InChI is InChI=1S/C49H36N2O2/c1-48(2)39-16-10-8-14-33(39)35-21-18-31(25-41(35)48)51(32-19-22-36-34-15-9-11-17-40(34)49(3,4)42(36)26-32)30-20-23-44-37(24-30)38-27-46-43(28-45(38)52-44)50-47(53-46)29-12-6-5-7-13-29/h5-28H,1-4H3. The lowest BCUT2D eigenvalue weighted by Crippen LogP contribution is -2.18. The first-order valence-electron chi connectivity index (χ1n) is 18.4. The van der Waals surface area contributed by atoms with Gasteiger partial charge in [-0.05, 0) is 105 Å². The van der Waals surface area contributed by atoms with Crippen LogP contribution in [0, 0.1) is 0 Å². The number of fused-ring (bicyclic) bond motifs is 10. The van der Waals surface area contributed by atoms with Gasteiger partial charge in [-0.3, -0.25) is 0 Å². The molecule has 0 N–H and O–H groups in total. The van der Waals surface area contributed by atoms with Crippen molar-refractivity contribution in [2.45, 2.75) is 38.5 Å². The highest BCUT2D eigenvalue weighted by Gasteiger charge is 2.37. The maximum Gasteiger partial charge on any atom is 0.227 e. The predicted molar refractivity (Wildman–Crippen MR) is 217 cm³/mol. The summed E-state index contributed by atoms with van der Waals surface area (Å²) >= 11 is 0. The third-order valence-electron chi connectivity index (χ3n) is 11.9. The van der Waals surface area contributed by atoms with E-state index in [1.54, 1.807) is 0 Å². The van der Waals surface area contributed by atoms with E-state index < -0.39 is 0 Å². The van der Waals surface area contributed by atoms with Gasteiger partial charge in [0.05, 0.1) is 0 Å². The van der Waals surface area contributed by atoms with E-state index in [2.05, 4.69) is 142 Å². The molecule has 0 unspecified atom stereocenters. The Bertz CT molecular complexity index is 2860. The number of benzene rings is 7. The molecule has 2 aliphatic rings. The van der Waals surface area contributed by atoms with Crippen molar-refractivity contribution in [3.63, 3.8) is 0 Å².